The number of piperidine rings is 1. The highest BCUT2D eigenvalue weighted by molar-refractivity contribution is 9.10. The van der Waals surface area contributed by atoms with E-state index in [2.05, 4.69) is 20.8 Å². The van der Waals surface area contributed by atoms with Crippen LogP contribution in [0.3, 0.4) is 0 Å². The van der Waals surface area contributed by atoms with E-state index in [0.29, 0.717) is 30.3 Å². The van der Waals surface area contributed by atoms with Crippen molar-refractivity contribution < 1.29 is 14.3 Å². The van der Waals surface area contributed by atoms with E-state index in [1.54, 1.807) is 25.3 Å². The third-order valence-electron chi connectivity index (χ3n) is 5.45. The van der Waals surface area contributed by atoms with Crippen LogP contribution in [0.15, 0.2) is 22.7 Å². The van der Waals surface area contributed by atoms with Crippen molar-refractivity contribution in [3.63, 3.8) is 0 Å². The van der Waals surface area contributed by atoms with E-state index in [1.165, 1.54) is 12.8 Å². The van der Waals surface area contributed by atoms with Gasteiger partial charge in [0.2, 0.25) is 5.91 Å². The van der Waals surface area contributed by atoms with E-state index in [4.69, 9.17) is 4.74 Å². The van der Waals surface area contributed by atoms with Crippen LogP contribution in [0.25, 0.3) is 0 Å². The molecule has 0 aromatic heterocycles. The van der Waals surface area contributed by atoms with Crippen molar-refractivity contribution in [1.29, 1.82) is 0 Å². The van der Waals surface area contributed by atoms with Crippen molar-refractivity contribution in [1.82, 2.24) is 9.80 Å². The molecule has 5 nitrogen and oxygen atoms in total. The summed E-state index contributed by atoms with van der Waals surface area (Å²) in [7, 11) is 1.60. The van der Waals surface area contributed by atoms with Crippen LogP contribution >= 0.6 is 15.9 Å². The third kappa shape index (κ3) is 4.40. The van der Waals surface area contributed by atoms with E-state index in [-0.39, 0.29) is 11.8 Å². The molecule has 0 radical (unpaired) electrons. The maximum absolute atomic E-state index is 12.8. The summed E-state index contributed by atoms with van der Waals surface area (Å²) in [6, 6.07) is 5.39. The Balaban J connectivity index is 1.56. The quantitative estimate of drug-likeness (QED) is 0.745. The van der Waals surface area contributed by atoms with Crippen LogP contribution in [0.2, 0.25) is 0 Å². The van der Waals surface area contributed by atoms with Gasteiger partial charge in [-0.25, -0.2) is 0 Å². The molecule has 3 rings (SSSR count). The zero-order valence-corrected chi connectivity index (χ0v) is 17.0. The summed E-state index contributed by atoms with van der Waals surface area (Å²) in [5.74, 6) is 1.10. The number of nitrogens with zero attached hydrogens (tertiary/aromatic N) is 2. The molecule has 0 saturated carbocycles. The number of benzene rings is 1. The number of rotatable bonds is 3. The topological polar surface area (TPSA) is 49.9 Å². The van der Waals surface area contributed by atoms with E-state index in [1.807, 2.05) is 4.90 Å². The van der Waals surface area contributed by atoms with Crippen molar-refractivity contribution in [2.75, 3.05) is 33.3 Å². The molecule has 2 aliphatic heterocycles. The minimum Gasteiger partial charge on any atom is -0.496 e. The third-order valence-corrected chi connectivity index (χ3v) is 6.07. The minimum absolute atomic E-state index is 0.0222. The molecule has 0 spiro atoms. The lowest BCUT2D eigenvalue weighted by molar-refractivity contribution is -0.136. The number of hydrogen-bond donors (Lipinski definition) is 0. The number of amides is 2. The average molecular weight is 423 g/mol. The van der Waals surface area contributed by atoms with Crippen molar-refractivity contribution in [3.05, 3.63) is 28.2 Å². The summed E-state index contributed by atoms with van der Waals surface area (Å²) in [6.07, 6.45) is 6.23. The summed E-state index contributed by atoms with van der Waals surface area (Å²) in [6.45, 7) is 3.09. The molecule has 2 fully saturated rings. The van der Waals surface area contributed by atoms with E-state index >= 15 is 0 Å². The standard InChI is InChI=1S/C20H27BrN2O3/c1-26-18-7-6-16(14-17(18)21)20(25)23-12-8-15(9-13-23)19(24)22-10-4-2-3-5-11-22/h6-7,14-15H,2-5,8-13H2,1H3. The summed E-state index contributed by atoms with van der Waals surface area (Å²) >= 11 is 3.43. The molecule has 2 amide bonds. The second-order valence-electron chi connectivity index (χ2n) is 7.16. The zero-order valence-electron chi connectivity index (χ0n) is 15.4. The molecule has 26 heavy (non-hydrogen) atoms. The second kappa shape index (κ2) is 8.89. The number of methoxy groups -OCH3 is 1. The monoisotopic (exact) mass is 422 g/mol. The van der Waals surface area contributed by atoms with Gasteiger partial charge in [0, 0.05) is 37.7 Å². The Morgan fingerprint density at radius 1 is 1.00 bits per heavy atom. The predicted octanol–water partition coefficient (Wildman–Crippen LogP) is 3.71. The molecule has 0 unspecified atom stereocenters. The first kappa shape index (κ1) is 19.2. The maximum atomic E-state index is 12.8. The number of likely N-dealkylation sites (tertiary alicyclic amines) is 2. The molecule has 2 saturated heterocycles. The van der Waals surface area contributed by atoms with Gasteiger partial charge in [0.15, 0.2) is 0 Å². The lowest BCUT2D eigenvalue weighted by Gasteiger charge is -2.34. The van der Waals surface area contributed by atoms with Crippen molar-refractivity contribution in [2.24, 2.45) is 5.92 Å². The smallest absolute Gasteiger partial charge is 0.253 e. The van der Waals surface area contributed by atoms with Gasteiger partial charge in [0.25, 0.3) is 5.91 Å². The summed E-state index contributed by atoms with van der Waals surface area (Å²) in [5, 5.41) is 0. The number of halogens is 1. The molecule has 1 aromatic carbocycles. The van der Waals surface area contributed by atoms with Crippen LogP contribution in [0, 0.1) is 5.92 Å². The Hall–Kier alpha value is -1.56. The van der Waals surface area contributed by atoms with Crippen LogP contribution < -0.4 is 4.74 Å². The molecular formula is C20H27BrN2O3. The molecule has 142 valence electrons. The molecule has 0 aliphatic carbocycles. The summed E-state index contributed by atoms with van der Waals surface area (Å²) < 4.78 is 5.99. The highest BCUT2D eigenvalue weighted by atomic mass is 79.9. The fourth-order valence-electron chi connectivity index (χ4n) is 3.86. The Morgan fingerprint density at radius 2 is 1.65 bits per heavy atom. The van der Waals surface area contributed by atoms with Crippen LogP contribution in [0.1, 0.15) is 48.9 Å². The number of ether oxygens (including phenoxy) is 1. The Bertz CT molecular complexity index is 648. The zero-order chi connectivity index (χ0) is 18.5. The van der Waals surface area contributed by atoms with Gasteiger partial charge >= 0.3 is 0 Å². The molecule has 2 heterocycles. The van der Waals surface area contributed by atoms with Gasteiger partial charge in [-0.3, -0.25) is 9.59 Å². The lowest BCUT2D eigenvalue weighted by Crippen LogP contribution is -2.44. The fraction of sp³-hybridized carbons (Fsp3) is 0.600. The van der Waals surface area contributed by atoms with E-state index in [0.717, 1.165) is 43.2 Å². The van der Waals surface area contributed by atoms with Crippen molar-refractivity contribution in [3.8, 4) is 5.75 Å². The van der Waals surface area contributed by atoms with Gasteiger partial charge < -0.3 is 14.5 Å². The molecule has 0 bridgehead atoms. The normalized spacial score (nSPS) is 19.2. The van der Waals surface area contributed by atoms with Gasteiger partial charge in [-0.2, -0.15) is 0 Å². The highest BCUT2D eigenvalue weighted by Crippen LogP contribution is 2.27. The van der Waals surface area contributed by atoms with Gasteiger partial charge in [0.1, 0.15) is 5.75 Å². The van der Waals surface area contributed by atoms with E-state index in [9.17, 15) is 9.59 Å². The number of carbonyl (C=O) groups excluding carboxylic acids is 2. The van der Waals surface area contributed by atoms with E-state index < -0.39 is 0 Å². The molecule has 6 heteroatoms. The Morgan fingerprint density at radius 3 is 2.23 bits per heavy atom. The second-order valence-corrected chi connectivity index (χ2v) is 8.01. The molecular weight excluding hydrogens is 396 g/mol. The predicted molar refractivity (Wildman–Crippen MR) is 104 cm³/mol. The average Bonchev–Trinajstić information content (AvgIpc) is 2.96. The largest absolute Gasteiger partial charge is 0.496 e. The Labute approximate surface area is 163 Å². The first-order chi connectivity index (χ1) is 12.6. The van der Waals surface area contributed by atoms with Crippen LogP contribution in [0.4, 0.5) is 0 Å². The van der Waals surface area contributed by atoms with Gasteiger partial charge in [-0.1, -0.05) is 12.8 Å². The first-order valence-corrected chi connectivity index (χ1v) is 10.3. The molecule has 0 N–H and O–H groups in total. The van der Waals surface area contributed by atoms with Gasteiger partial charge in [-0.15, -0.1) is 0 Å². The maximum Gasteiger partial charge on any atom is 0.253 e. The lowest BCUT2D eigenvalue weighted by atomic mass is 9.94. The molecule has 1 aromatic rings. The number of hydrogen-bond acceptors (Lipinski definition) is 3. The van der Waals surface area contributed by atoms with Crippen LogP contribution in [-0.4, -0.2) is 54.9 Å². The summed E-state index contributed by atoms with van der Waals surface area (Å²) in [4.78, 5) is 29.4. The minimum atomic E-state index is 0.0222. The van der Waals surface area contributed by atoms with Gasteiger partial charge in [0.05, 0.1) is 11.6 Å². The molecule has 2 aliphatic rings. The van der Waals surface area contributed by atoms with Gasteiger partial charge in [-0.05, 0) is 59.8 Å². The Kier molecular flexibility index (Phi) is 6.57. The fourth-order valence-corrected chi connectivity index (χ4v) is 4.40. The first-order valence-electron chi connectivity index (χ1n) is 9.51. The van der Waals surface area contributed by atoms with Crippen LogP contribution in [-0.2, 0) is 4.79 Å². The summed E-state index contributed by atoms with van der Waals surface area (Å²) in [5.41, 5.74) is 0.648. The van der Waals surface area contributed by atoms with Crippen molar-refractivity contribution in [2.45, 2.75) is 38.5 Å². The van der Waals surface area contributed by atoms with Crippen LogP contribution in [0.5, 0.6) is 5.75 Å². The molecule has 0 atom stereocenters. The van der Waals surface area contributed by atoms with Crippen molar-refractivity contribution >= 4 is 27.7 Å². The SMILES string of the molecule is COc1ccc(C(=O)N2CCC(C(=O)N3CCCCCC3)CC2)cc1Br. The highest BCUT2D eigenvalue weighted by Gasteiger charge is 2.30. The number of carbonyl (C=O) groups is 2.